The van der Waals surface area contributed by atoms with Crippen molar-refractivity contribution in [3.05, 3.63) is 83.7 Å². The molecule has 0 fully saturated rings. The van der Waals surface area contributed by atoms with Crippen LogP contribution in [-0.2, 0) is 4.79 Å². The summed E-state index contributed by atoms with van der Waals surface area (Å²) < 4.78 is 0. The number of halogens is 1. The highest BCUT2D eigenvalue weighted by atomic mass is 35.5. The quantitative estimate of drug-likeness (QED) is 0.425. The van der Waals surface area contributed by atoms with Crippen LogP contribution in [0.1, 0.15) is 15.9 Å². The van der Waals surface area contributed by atoms with E-state index in [0.29, 0.717) is 16.9 Å². The Hall–Kier alpha value is -4.04. The molecule has 1 aromatic carbocycles. The summed E-state index contributed by atoms with van der Waals surface area (Å²) in [6.07, 6.45) is 10.8. The Morgan fingerprint density at radius 2 is 1.83 bits per heavy atom. The van der Waals surface area contributed by atoms with Crippen LogP contribution in [0.2, 0.25) is 5.02 Å². The molecule has 3 heterocycles. The molecule has 0 aliphatic carbocycles. The van der Waals surface area contributed by atoms with Crippen LogP contribution in [0.15, 0.2) is 67.5 Å². The second kappa shape index (κ2) is 8.54. The van der Waals surface area contributed by atoms with Gasteiger partial charge in [-0.1, -0.05) is 11.6 Å². The van der Waals surface area contributed by atoms with Gasteiger partial charge < -0.3 is 15.6 Å². The van der Waals surface area contributed by atoms with Crippen LogP contribution in [-0.4, -0.2) is 31.8 Å². The Bertz CT molecular complexity index is 1250. The van der Waals surface area contributed by atoms with E-state index in [2.05, 4.69) is 30.6 Å². The minimum atomic E-state index is -0.412. The van der Waals surface area contributed by atoms with Gasteiger partial charge in [-0.25, -0.2) is 15.0 Å². The molecule has 3 N–H and O–H groups in total. The van der Waals surface area contributed by atoms with Crippen LogP contribution in [0.3, 0.4) is 0 Å². The number of nitrogens with one attached hydrogen (secondary N) is 3. The fourth-order valence-corrected chi connectivity index (χ4v) is 2.94. The van der Waals surface area contributed by atoms with Gasteiger partial charge in [0.2, 0.25) is 5.91 Å². The number of rotatable bonds is 5. The van der Waals surface area contributed by atoms with Crippen LogP contribution in [0.5, 0.6) is 0 Å². The molecule has 2 amide bonds. The van der Waals surface area contributed by atoms with Gasteiger partial charge in [0, 0.05) is 41.3 Å². The summed E-state index contributed by atoms with van der Waals surface area (Å²) in [5.74, 6) is -0.778. The molecule has 0 bridgehead atoms. The molecule has 0 spiro atoms. The predicted molar refractivity (Wildman–Crippen MR) is 115 cm³/mol. The maximum absolute atomic E-state index is 12.7. The molecule has 4 aromatic rings. The zero-order valence-electron chi connectivity index (χ0n) is 15.5. The van der Waals surface area contributed by atoms with Gasteiger partial charge in [0.05, 0.1) is 22.5 Å². The molecule has 0 saturated carbocycles. The minimum absolute atomic E-state index is 0.226. The van der Waals surface area contributed by atoms with E-state index in [1.807, 2.05) is 6.07 Å². The van der Waals surface area contributed by atoms with Crippen molar-refractivity contribution in [1.29, 1.82) is 0 Å². The first-order chi connectivity index (χ1) is 14.6. The highest BCUT2D eigenvalue weighted by Gasteiger charge is 2.13. The highest BCUT2D eigenvalue weighted by Crippen LogP contribution is 2.23. The van der Waals surface area contributed by atoms with Crippen molar-refractivity contribution in [3.8, 4) is 0 Å². The summed E-state index contributed by atoms with van der Waals surface area (Å²) in [7, 11) is 0. The monoisotopic (exact) mass is 418 g/mol. The molecule has 9 heteroatoms. The lowest BCUT2D eigenvalue weighted by Crippen LogP contribution is -2.14. The van der Waals surface area contributed by atoms with Crippen LogP contribution in [0.25, 0.3) is 17.1 Å². The summed E-state index contributed by atoms with van der Waals surface area (Å²) in [4.78, 5) is 39.8. The molecular weight excluding hydrogens is 404 g/mol. The average Bonchev–Trinajstić information content (AvgIpc) is 3.22. The molecule has 0 aliphatic heterocycles. The molecule has 0 aliphatic rings. The normalized spacial score (nSPS) is 11.0. The third-order valence-electron chi connectivity index (χ3n) is 4.14. The van der Waals surface area contributed by atoms with Crippen molar-refractivity contribution in [2.24, 2.45) is 0 Å². The molecule has 0 atom stereocenters. The zero-order valence-corrected chi connectivity index (χ0v) is 16.2. The number of pyridine rings is 1. The lowest BCUT2D eigenvalue weighted by atomic mass is 10.1. The number of carbonyl (C=O) groups excluding carboxylic acids is 2. The van der Waals surface area contributed by atoms with Crippen molar-refractivity contribution < 1.29 is 9.59 Å². The van der Waals surface area contributed by atoms with Crippen molar-refractivity contribution in [1.82, 2.24) is 19.9 Å². The Kier molecular flexibility index (Phi) is 5.49. The van der Waals surface area contributed by atoms with E-state index in [1.165, 1.54) is 18.5 Å². The van der Waals surface area contributed by atoms with Crippen LogP contribution < -0.4 is 10.6 Å². The number of benzene rings is 1. The first-order valence-electron chi connectivity index (χ1n) is 8.86. The van der Waals surface area contributed by atoms with Gasteiger partial charge in [-0.15, -0.1) is 0 Å². The first kappa shape index (κ1) is 19.3. The second-order valence-electron chi connectivity index (χ2n) is 6.28. The smallest absolute Gasteiger partial charge is 0.257 e. The molecular formula is C21H15ClN6O2. The number of amides is 2. The minimum Gasteiger partial charge on any atom is -0.346 e. The lowest BCUT2D eigenvalue weighted by molar-refractivity contribution is -0.111. The molecule has 30 heavy (non-hydrogen) atoms. The first-order valence-corrected chi connectivity index (χ1v) is 9.24. The van der Waals surface area contributed by atoms with Crippen LogP contribution in [0, 0.1) is 0 Å². The third kappa shape index (κ3) is 4.50. The van der Waals surface area contributed by atoms with Crippen molar-refractivity contribution >= 4 is 51.9 Å². The van der Waals surface area contributed by atoms with Gasteiger partial charge in [-0.2, -0.15) is 0 Å². The van der Waals surface area contributed by atoms with E-state index in [0.717, 1.165) is 11.0 Å². The SMILES string of the molecule is O=C(/C=C/c1cncnc1)Nc1ccc(Cl)c(C(=O)Nc2cnc3[nH]ccc3c2)c1. The van der Waals surface area contributed by atoms with Gasteiger partial charge in [0.15, 0.2) is 0 Å². The summed E-state index contributed by atoms with van der Waals surface area (Å²) in [5, 5.41) is 6.60. The molecule has 8 nitrogen and oxygen atoms in total. The van der Waals surface area contributed by atoms with Crippen molar-refractivity contribution in [3.63, 3.8) is 0 Å². The van der Waals surface area contributed by atoms with Crippen LogP contribution >= 0.6 is 11.6 Å². The highest BCUT2D eigenvalue weighted by molar-refractivity contribution is 6.34. The molecule has 4 rings (SSSR count). The Morgan fingerprint density at radius 1 is 1.00 bits per heavy atom. The summed E-state index contributed by atoms with van der Waals surface area (Å²) in [6.45, 7) is 0. The van der Waals surface area contributed by atoms with E-state index in [1.54, 1.807) is 49.1 Å². The third-order valence-corrected chi connectivity index (χ3v) is 4.47. The lowest BCUT2D eigenvalue weighted by Gasteiger charge is -2.09. The predicted octanol–water partition coefficient (Wildman–Crippen LogP) is 3.91. The van der Waals surface area contributed by atoms with E-state index >= 15 is 0 Å². The van der Waals surface area contributed by atoms with E-state index in [9.17, 15) is 9.59 Å². The molecule has 0 saturated heterocycles. The Labute approximate surface area is 176 Å². The molecule has 0 unspecified atom stereocenters. The molecule has 0 radical (unpaired) electrons. The Balaban J connectivity index is 1.47. The fraction of sp³-hybridized carbons (Fsp3) is 0. The number of aromatic amines is 1. The maximum Gasteiger partial charge on any atom is 0.257 e. The van der Waals surface area contributed by atoms with Gasteiger partial charge in [-0.05, 0) is 36.4 Å². The number of carbonyl (C=O) groups is 2. The largest absolute Gasteiger partial charge is 0.346 e. The van der Waals surface area contributed by atoms with E-state index in [-0.39, 0.29) is 16.5 Å². The summed E-state index contributed by atoms with van der Waals surface area (Å²) >= 11 is 6.19. The van der Waals surface area contributed by atoms with E-state index < -0.39 is 5.91 Å². The maximum atomic E-state index is 12.7. The summed E-state index contributed by atoms with van der Waals surface area (Å²) in [6, 6.07) is 8.33. The van der Waals surface area contributed by atoms with Crippen molar-refractivity contribution in [2.45, 2.75) is 0 Å². The topological polar surface area (TPSA) is 113 Å². The number of H-pyrrole nitrogens is 1. The number of hydrogen-bond acceptors (Lipinski definition) is 5. The van der Waals surface area contributed by atoms with Gasteiger partial charge >= 0.3 is 0 Å². The average molecular weight is 419 g/mol. The standard InChI is InChI=1S/C21H15ClN6O2/c22-18-3-2-15(27-19(29)4-1-13-9-23-12-24-10-13)8-17(18)21(30)28-16-7-14-5-6-25-20(14)26-11-16/h1-12H,(H,25,26)(H,27,29)(H,28,30)/b4-1+. The number of nitrogens with zero attached hydrogens (tertiary/aromatic N) is 3. The summed E-state index contributed by atoms with van der Waals surface area (Å²) in [5.41, 5.74) is 2.61. The van der Waals surface area contributed by atoms with E-state index in [4.69, 9.17) is 11.6 Å². The van der Waals surface area contributed by atoms with Crippen LogP contribution in [0.4, 0.5) is 11.4 Å². The zero-order chi connectivity index (χ0) is 20.9. The second-order valence-corrected chi connectivity index (χ2v) is 6.69. The number of fused-ring (bicyclic) bond motifs is 1. The Morgan fingerprint density at radius 3 is 2.67 bits per heavy atom. The number of aromatic nitrogens is 4. The van der Waals surface area contributed by atoms with Gasteiger partial charge in [-0.3, -0.25) is 9.59 Å². The molecule has 148 valence electrons. The fourth-order valence-electron chi connectivity index (χ4n) is 2.74. The van der Waals surface area contributed by atoms with Crippen molar-refractivity contribution in [2.75, 3.05) is 10.6 Å². The van der Waals surface area contributed by atoms with Gasteiger partial charge in [0.1, 0.15) is 12.0 Å². The number of hydrogen-bond donors (Lipinski definition) is 3. The molecule has 3 aromatic heterocycles. The number of anilines is 2. The van der Waals surface area contributed by atoms with Gasteiger partial charge in [0.25, 0.3) is 5.91 Å².